The number of aromatic nitrogens is 3. The monoisotopic (exact) mass is 298 g/mol. The van der Waals surface area contributed by atoms with Crippen LogP contribution in [0.3, 0.4) is 0 Å². The Labute approximate surface area is 119 Å². The summed E-state index contributed by atoms with van der Waals surface area (Å²) in [6.45, 7) is 2.60. The average molecular weight is 298 g/mol. The molecule has 0 radical (unpaired) electrons. The first-order valence-electron chi connectivity index (χ1n) is 7.39. The van der Waals surface area contributed by atoms with Gasteiger partial charge in [-0.3, -0.25) is 0 Å². The number of hydrogen-bond acceptors (Lipinski definition) is 5. The van der Waals surface area contributed by atoms with Gasteiger partial charge in [0, 0.05) is 12.1 Å². The lowest BCUT2D eigenvalue weighted by atomic mass is 10.2. The van der Waals surface area contributed by atoms with E-state index in [4.69, 9.17) is 0 Å². The van der Waals surface area contributed by atoms with Crippen molar-refractivity contribution in [3.8, 4) is 0 Å². The molecule has 0 amide bonds. The third-order valence-corrected chi connectivity index (χ3v) is 6.18. The molecule has 1 N–H and O–H groups in total. The fraction of sp³-hybridized carbons (Fsp3) is 0.846. The molecule has 1 aromatic heterocycles. The highest BCUT2D eigenvalue weighted by Crippen LogP contribution is 2.31. The Morgan fingerprint density at radius 1 is 1.25 bits per heavy atom. The second-order valence-electron chi connectivity index (χ2n) is 5.95. The maximum Gasteiger partial charge on any atom is 0.151 e. The Morgan fingerprint density at radius 3 is 2.65 bits per heavy atom. The highest BCUT2D eigenvalue weighted by atomic mass is 32.2. The molecule has 1 saturated heterocycles. The van der Waals surface area contributed by atoms with Crippen LogP contribution in [0.2, 0.25) is 0 Å². The van der Waals surface area contributed by atoms with Crippen molar-refractivity contribution in [2.24, 2.45) is 0 Å². The smallest absolute Gasteiger partial charge is 0.151 e. The zero-order chi connectivity index (χ0) is 14.2. The van der Waals surface area contributed by atoms with Crippen LogP contribution < -0.4 is 5.32 Å². The van der Waals surface area contributed by atoms with Crippen molar-refractivity contribution in [1.82, 2.24) is 20.1 Å². The predicted octanol–water partition coefficient (Wildman–Crippen LogP) is 0.978. The summed E-state index contributed by atoms with van der Waals surface area (Å²) in [6.07, 6.45) is 5.65. The summed E-state index contributed by atoms with van der Waals surface area (Å²) in [4.78, 5) is 0. The van der Waals surface area contributed by atoms with Gasteiger partial charge in [0.2, 0.25) is 0 Å². The highest BCUT2D eigenvalue weighted by Gasteiger charge is 2.28. The highest BCUT2D eigenvalue weighted by molar-refractivity contribution is 7.91. The van der Waals surface area contributed by atoms with E-state index in [0.29, 0.717) is 24.8 Å². The molecule has 0 aromatic carbocycles. The first kappa shape index (κ1) is 14.0. The second kappa shape index (κ2) is 5.44. The van der Waals surface area contributed by atoms with Crippen LogP contribution in [0.25, 0.3) is 0 Å². The quantitative estimate of drug-likeness (QED) is 0.896. The Bertz CT molecular complexity index is 575. The first-order valence-corrected chi connectivity index (χ1v) is 9.21. The number of aryl methyl sites for hydroxylation is 1. The van der Waals surface area contributed by atoms with E-state index < -0.39 is 9.84 Å². The maximum atomic E-state index is 11.5. The number of nitrogens with zero attached hydrogens (tertiary/aromatic N) is 3. The molecule has 2 aliphatic rings. The third-order valence-electron chi connectivity index (χ3n) is 4.41. The van der Waals surface area contributed by atoms with Crippen molar-refractivity contribution >= 4 is 9.84 Å². The molecule has 0 spiro atoms. The van der Waals surface area contributed by atoms with Crippen LogP contribution in [0.15, 0.2) is 0 Å². The standard InChI is InChI=1S/C13H22N4O2S/c1-10-15-16-13(17(10)12-4-2-3-5-12)8-14-11-6-7-20(18,19)9-11/h11-12,14H,2-9H2,1H3. The topological polar surface area (TPSA) is 76.9 Å². The third kappa shape index (κ3) is 2.88. The van der Waals surface area contributed by atoms with Crippen molar-refractivity contribution < 1.29 is 8.42 Å². The molecular formula is C13H22N4O2S. The van der Waals surface area contributed by atoms with E-state index in [0.717, 1.165) is 11.6 Å². The number of rotatable bonds is 4. The van der Waals surface area contributed by atoms with E-state index >= 15 is 0 Å². The predicted molar refractivity (Wildman–Crippen MR) is 76.2 cm³/mol. The van der Waals surface area contributed by atoms with Crippen LogP contribution in [0.5, 0.6) is 0 Å². The molecule has 1 unspecified atom stereocenters. The van der Waals surface area contributed by atoms with Crippen molar-refractivity contribution in [2.75, 3.05) is 11.5 Å². The molecule has 6 nitrogen and oxygen atoms in total. The minimum absolute atomic E-state index is 0.0639. The SMILES string of the molecule is Cc1nnc(CNC2CCS(=O)(=O)C2)n1C1CCCC1. The van der Waals surface area contributed by atoms with Gasteiger partial charge in [-0.1, -0.05) is 12.8 Å². The van der Waals surface area contributed by atoms with Gasteiger partial charge in [-0.05, 0) is 26.2 Å². The van der Waals surface area contributed by atoms with Gasteiger partial charge in [0.1, 0.15) is 11.6 Å². The van der Waals surface area contributed by atoms with Gasteiger partial charge in [0.25, 0.3) is 0 Å². The van der Waals surface area contributed by atoms with Gasteiger partial charge >= 0.3 is 0 Å². The van der Waals surface area contributed by atoms with Crippen molar-refractivity contribution in [3.63, 3.8) is 0 Å². The van der Waals surface area contributed by atoms with Crippen LogP contribution in [0.4, 0.5) is 0 Å². The number of sulfone groups is 1. The van der Waals surface area contributed by atoms with Crippen molar-refractivity contribution in [1.29, 1.82) is 0 Å². The fourth-order valence-corrected chi connectivity index (χ4v) is 5.07. The Hall–Kier alpha value is -0.950. The molecule has 1 aromatic rings. The van der Waals surface area contributed by atoms with E-state index in [1.165, 1.54) is 25.7 Å². The van der Waals surface area contributed by atoms with Crippen molar-refractivity contribution in [3.05, 3.63) is 11.6 Å². The summed E-state index contributed by atoms with van der Waals surface area (Å²) < 4.78 is 25.2. The molecule has 2 heterocycles. The summed E-state index contributed by atoms with van der Waals surface area (Å²) in [5, 5.41) is 11.8. The molecule has 7 heteroatoms. The molecule has 3 rings (SSSR count). The number of hydrogen-bond donors (Lipinski definition) is 1. The zero-order valence-corrected chi connectivity index (χ0v) is 12.7. The Morgan fingerprint density at radius 2 is 2.00 bits per heavy atom. The molecule has 20 heavy (non-hydrogen) atoms. The minimum Gasteiger partial charge on any atom is -0.311 e. The van der Waals surface area contributed by atoms with E-state index in [9.17, 15) is 8.42 Å². The Kier molecular flexibility index (Phi) is 3.81. The van der Waals surface area contributed by atoms with Gasteiger partial charge < -0.3 is 9.88 Å². The van der Waals surface area contributed by atoms with E-state index in [2.05, 4.69) is 20.1 Å². The lowest BCUT2D eigenvalue weighted by Gasteiger charge is -2.17. The van der Waals surface area contributed by atoms with Gasteiger partial charge in [-0.15, -0.1) is 10.2 Å². The molecule has 1 aliphatic heterocycles. The molecular weight excluding hydrogens is 276 g/mol. The summed E-state index contributed by atoms with van der Waals surface area (Å²) in [7, 11) is -2.83. The largest absolute Gasteiger partial charge is 0.311 e. The second-order valence-corrected chi connectivity index (χ2v) is 8.18. The van der Waals surface area contributed by atoms with E-state index in [1.807, 2.05) is 6.92 Å². The minimum atomic E-state index is -2.83. The summed E-state index contributed by atoms with van der Waals surface area (Å²) in [5.41, 5.74) is 0. The van der Waals surface area contributed by atoms with Gasteiger partial charge in [0.15, 0.2) is 9.84 Å². The van der Waals surface area contributed by atoms with Gasteiger partial charge in [-0.25, -0.2) is 8.42 Å². The zero-order valence-electron chi connectivity index (χ0n) is 11.9. The number of nitrogens with one attached hydrogen (secondary N) is 1. The van der Waals surface area contributed by atoms with Crippen LogP contribution >= 0.6 is 0 Å². The van der Waals surface area contributed by atoms with E-state index in [1.54, 1.807) is 0 Å². The van der Waals surface area contributed by atoms with Crippen LogP contribution in [-0.2, 0) is 16.4 Å². The first-order chi connectivity index (χ1) is 9.55. The summed E-state index contributed by atoms with van der Waals surface area (Å²) >= 11 is 0. The maximum absolute atomic E-state index is 11.5. The molecule has 1 atom stereocenters. The Balaban J connectivity index is 1.66. The average Bonchev–Trinajstić information content (AvgIpc) is 3.07. The van der Waals surface area contributed by atoms with Crippen LogP contribution in [0.1, 0.15) is 49.8 Å². The van der Waals surface area contributed by atoms with Crippen LogP contribution in [0, 0.1) is 6.92 Å². The van der Waals surface area contributed by atoms with Crippen LogP contribution in [-0.4, -0.2) is 40.7 Å². The summed E-state index contributed by atoms with van der Waals surface area (Å²) in [6, 6.07) is 0.586. The lowest BCUT2D eigenvalue weighted by Crippen LogP contribution is -2.31. The molecule has 1 aliphatic carbocycles. The van der Waals surface area contributed by atoms with Gasteiger partial charge in [-0.2, -0.15) is 0 Å². The molecule has 2 fully saturated rings. The molecule has 112 valence electrons. The lowest BCUT2D eigenvalue weighted by molar-refractivity contribution is 0.461. The molecule has 0 bridgehead atoms. The summed E-state index contributed by atoms with van der Waals surface area (Å²) in [5.74, 6) is 2.47. The normalized spacial score (nSPS) is 26.4. The fourth-order valence-electron chi connectivity index (χ4n) is 3.36. The van der Waals surface area contributed by atoms with Gasteiger partial charge in [0.05, 0.1) is 18.1 Å². The van der Waals surface area contributed by atoms with Crippen molar-refractivity contribution in [2.45, 2.75) is 57.7 Å². The van der Waals surface area contributed by atoms with E-state index in [-0.39, 0.29) is 11.8 Å². The molecule has 1 saturated carbocycles.